The molecule has 1 aliphatic heterocycles. The van der Waals surface area contributed by atoms with E-state index in [-0.39, 0.29) is 12.3 Å². The molecule has 3 aromatic rings. The molecule has 0 saturated carbocycles. The zero-order valence-electron chi connectivity index (χ0n) is 15.8. The molecule has 9 heteroatoms. The Morgan fingerprint density at radius 1 is 1.14 bits per heavy atom. The van der Waals surface area contributed by atoms with Crippen molar-refractivity contribution >= 4 is 26.8 Å². The lowest BCUT2D eigenvalue weighted by atomic mass is 10.1. The van der Waals surface area contributed by atoms with Crippen LogP contribution in [0.3, 0.4) is 0 Å². The SMILES string of the molecule is Cc1cc(N2CCCCC2)nc(CNS(=O)(=O)Cc2noc3ccccc23)n1. The Hall–Kier alpha value is -2.52. The molecule has 0 atom stereocenters. The van der Waals surface area contributed by atoms with Gasteiger partial charge in [-0.15, -0.1) is 0 Å². The molecule has 1 fully saturated rings. The van der Waals surface area contributed by atoms with E-state index in [0.29, 0.717) is 22.5 Å². The van der Waals surface area contributed by atoms with E-state index in [9.17, 15) is 8.42 Å². The van der Waals surface area contributed by atoms with Gasteiger partial charge in [0.25, 0.3) is 0 Å². The van der Waals surface area contributed by atoms with Crippen molar-refractivity contribution in [3.8, 4) is 0 Å². The zero-order chi connectivity index (χ0) is 19.6. The van der Waals surface area contributed by atoms with Gasteiger partial charge in [-0.2, -0.15) is 0 Å². The summed E-state index contributed by atoms with van der Waals surface area (Å²) in [4.78, 5) is 11.2. The fourth-order valence-corrected chi connectivity index (χ4v) is 4.44. The fourth-order valence-electron chi connectivity index (χ4n) is 3.42. The molecule has 2 aromatic heterocycles. The van der Waals surface area contributed by atoms with Crippen molar-refractivity contribution in [1.29, 1.82) is 0 Å². The van der Waals surface area contributed by atoms with Crippen molar-refractivity contribution in [3.05, 3.63) is 47.5 Å². The molecule has 8 nitrogen and oxygen atoms in total. The maximum Gasteiger partial charge on any atom is 0.217 e. The summed E-state index contributed by atoms with van der Waals surface area (Å²) >= 11 is 0. The van der Waals surface area contributed by atoms with Crippen molar-refractivity contribution in [2.24, 2.45) is 0 Å². The number of hydrogen-bond acceptors (Lipinski definition) is 7. The third-order valence-corrected chi connectivity index (χ3v) is 6.03. The molecule has 4 rings (SSSR count). The molecule has 0 spiro atoms. The van der Waals surface area contributed by atoms with Gasteiger partial charge in [0.05, 0.1) is 6.54 Å². The Balaban J connectivity index is 1.46. The van der Waals surface area contributed by atoms with Crippen LogP contribution in [0.5, 0.6) is 0 Å². The van der Waals surface area contributed by atoms with Crippen LogP contribution in [0.15, 0.2) is 34.9 Å². The number of fused-ring (bicyclic) bond motifs is 1. The number of nitrogens with one attached hydrogen (secondary N) is 1. The average Bonchev–Trinajstić information content (AvgIpc) is 3.09. The smallest absolute Gasteiger partial charge is 0.217 e. The second-order valence-electron chi connectivity index (χ2n) is 7.04. The molecule has 3 heterocycles. The summed E-state index contributed by atoms with van der Waals surface area (Å²) < 4.78 is 32.8. The third-order valence-electron chi connectivity index (χ3n) is 4.80. The summed E-state index contributed by atoms with van der Waals surface area (Å²) in [5, 5.41) is 4.59. The van der Waals surface area contributed by atoms with Crippen LogP contribution in [0.25, 0.3) is 11.0 Å². The van der Waals surface area contributed by atoms with Crippen LogP contribution in [0.1, 0.15) is 36.5 Å². The van der Waals surface area contributed by atoms with E-state index in [1.807, 2.05) is 25.1 Å². The van der Waals surface area contributed by atoms with Gasteiger partial charge in [-0.3, -0.25) is 0 Å². The van der Waals surface area contributed by atoms with E-state index >= 15 is 0 Å². The molecule has 1 N–H and O–H groups in total. The number of aryl methyl sites for hydroxylation is 1. The van der Waals surface area contributed by atoms with E-state index in [4.69, 9.17) is 4.52 Å². The third kappa shape index (κ3) is 4.31. The van der Waals surface area contributed by atoms with Crippen molar-refractivity contribution < 1.29 is 12.9 Å². The Kier molecular flexibility index (Phi) is 5.27. The summed E-state index contributed by atoms with van der Waals surface area (Å²) in [5.41, 5.74) is 1.79. The molecule has 0 amide bonds. The second-order valence-corrected chi connectivity index (χ2v) is 8.84. The molecule has 1 aromatic carbocycles. The number of sulfonamides is 1. The van der Waals surface area contributed by atoms with Gasteiger partial charge in [0.2, 0.25) is 10.0 Å². The van der Waals surface area contributed by atoms with Gasteiger partial charge < -0.3 is 9.42 Å². The number of rotatable bonds is 6. The highest BCUT2D eigenvalue weighted by atomic mass is 32.2. The number of benzene rings is 1. The molecule has 0 bridgehead atoms. The topological polar surface area (TPSA) is 101 Å². The van der Waals surface area contributed by atoms with Crippen molar-refractivity contribution in [2.45, 2.75) is 38.5 Å². The number of hydrogen-bond donors (Lipinski definition) is 1. The Labute approximate surface area is 164 Å². The van der Waals surface area contributed by atoms with Crippen LogP contribution in [0.4, 0.5) is 5.82 Å². The molecule has 1 aliphatic rings. The fraction of sp³-hybridized carbons (Fsp3) is 0.421. The van der Waals surface area contributed by atoms with Crippen molar-refractivity contribution in [3.63, 3.8) is 0 Å². The molecular weight excluding hydrogens is 378 g/mol. The van der Waals surface area contributed by atoms with Gasteiger partial charge in [-0.1, -0.05) is 17.3 Å². The summed E-state index contributed by atoms with van der Waals surface area (Å²) in [6.45, 7) is 3.89. The second kappa shape index (κ2) is 7.84. The number of nitrogens with zero attached hydrogens (tertiary/aromatic N) is 4. The van der Waals surface area contributed by atoms with Gasteiger partial charge >= 0.3 is 0 Å². The summed E-state index contributed by atoms with van der Waals surface area (Å²) in [6, 6.07) is 9.15. The number of piperidine rings is 1. The predicted molar refractivity (Wildman–Crippen MR) is 106 cm³/mol. The van der Waals surface area contributed by atoms with Crippen LogP contribution in [-0.2, 0) is 22.3 Å². The maximum absolute atomic E-state index is 12.5. The first-order valence-corrected chi connectivity index (χ1v) is 11.1. The first-order chi connectivity index (χ1) is 13.5. The highest BCUT2D eigenvalue weighted by molar-refractivity contribution is 7.88. The Bertz CT molecular complexity index is 1070. The van der Waals surface area contributed by atoms with Gasteiger partial charge in [-0.25, -0.2) is 23.1 Å². The van der Waals surface area contributed by atoms with Crippen LogP contribution in [0.2, 0.25) is 0 Å². The minimum absolute atomic E-state index is 0.0423. The Morgan fingerprint density at radius 3 is 2.75 bits per heavy atom. The molecule has 0 unspecified atom stereocenters. The lowest BCUT2D eigenvalue weighted by Crippen LogP contribution is -2.31. The highest BCUT2D eigenvalue weighted by Crippen LogP contribution is 2.20. The van der Waals surface area contributed by atoms with E-state index < -0.39 is 10.0 Å². The van der Waals surface area contributed by atoms with Gasteiger partial charge in [-0.05, 0) is 38.3 Å². The van der Waals surface area contributed by atoms with Crippen LogP contribution < -0.4 is 9.62 Å². The van der Waals surface area contributed by atoms with Crippen molar-refractivity contribution in [1.82, 2.24) is 19.8 Å². The predicted octanol–water partition coefficient (Wildman–Crippen LogP) is 2.54. The monoisotopic (exact) mass is 401 g/mol. The Morgan fingerprint density at radius 2 is 1.93 bits per heavy atom. The first-order valence-electron chi connectivity index (χ1n) is 9.40. The van der Waals surface area contributed by atoms with Gasteiger partial charge in [0.15, 0.2) is 5.58 Å². The van der Waals surface area contributed by atoms with Crippen LogP contribution in [0, 0.1) is 6.92 Å². The lowest BCUT2D eigenvalue weighted by molar-refractivity contribution is 0.448. The maximum atomic E-state index is 12.5. The minimum atomic E-state index is -3.61. The van der Waals surface area contributed by atoms with E-state index in [0.717, 1.165) is 37.4 Å². The van der Waals surface area contributed by atoms with Crippen LogP contribution in [-0.4, -0.2) is 36.6 Å². The molecule has 1 saturated heterocycles. The van der Waals surface area contributed by atoms with E-state index in [1.165, 1.54) is 6.42 Å². The largest absolute Gasteiger partial charge is 0.357 e. The van der Waals surface area contributed by atoms with Crippen LogP contribution >= 0.6 is 0 Å². The molecule has 0 radical (unpaired) electrons. The van der Waals surface area contributed by atoms with Crippen molar-refractivity contribution in [2.75, 3.05) is 18.0 Å². The normalized spacial score (nSPS) is 15.2. The number of anilines is 1. The molecule has 0 aliphatic carbocycles. The summed E-state index contributed by atoms with van der Waals surface area (Å²) in [6.07, 6.45) is 3.54. The minimum Gasteiger partial charge on any atom is -0.357 e. The quantitative estimate of drug-likeness (QED) is 0.677. The molecule has 28 heavy (non-hydrogen) atoms. The van der Waals surface area contributed by atoms with E-state index in [1.54, 1.807) is 12.1 Å². The zero-order valence-corrected chi connectivity index (χ0v) is 16.6. The van der Waals surface area contributed by atoms with Gasteiger partial charge in [0, 0.05) is 30.2 Å². The lowest BCUT2D eigenvalue weighted by Gasteiger charge is -2.28. The van der Waals surface area contributed by atoms with E-state index in [2.05, 4.69) is 24.7 Å². The summed E-state index contributed by atoms with van der Waals surface area (Å²) in [5.74, 6) is 1.08. The first kappa shape index (κ1) is 18.8. The number of para-hydroxylation sites is 1. The standard InChI is InChI=1S/C19H23N5O3S/c1-14-11-19(24-9-5-2-6-10-24)22-18(21-14)12-20-28(25,26)13-16-15-7-3-4-8-17(15)27-23-16/h3-4,7-8,11,20H,2,5-6,9-10,12-13H2,1H3. The molecular formula is C19H23N5O3S. The summed E-state index contributed by atoms with van der Waals surface area (Å²) in [7, 11) is -3.61. The van der Waals surface area contributed by atoms with Gasteiger partial charge in [0.1, 0.15) is 23.1 Å². The average molecular weight is 401 g/mol. The highest BCUT2D eigenvalue weighted by Gasteiger charge is 2.19. The number of aromatic nitrogens is 3. The molecule has 148 valence electrons.